The molecule has 6 heteroatoms. The number of methoxy groups -OCH3 is 1. The van der Waals surface area contributed by atoms with Gasteiger partial charge in [0.25, 0.3) is 0 Å². The lowest BCUT2D eigenvalue weighted by Gasteiger charge is -2.03. The van der Waals surface area contributed by atoms with E-state index in [1.165, 1.54) is 18.4 Å². The number of benzene rings is 1. The first-order valence-electron chi connectivity index (χ1n) is 5.26. The zero-order valence-electron chi connectivity index (χ0n) is 9.88. The number of rotatable bonds is 3. The lowest BCUT2D eigenvalue weighted by atomic mass is 10.2. The van der Waals surface area contributed by atoms with Crippen LogP contribution in [0.2, 0.25) is 0 Å². The van der Waals surface area contributed by atoms with E-state index in [-0.39, 0.29) is 0 Å². The van der Waals surface area contributed by atoms with Crippen LogP contribution in [0.4, 0.5) is 0 Å². The summed E-state index contributed by atoms with van der Waals surface area (Å²) in [6, 6.07) is 9.64. The fraction of sp³-hybridized carbons (Fsp3) is 0.0769. The molecule has 0 aliphatic rings. The molecule has 0 spiro atoms. The number of halogens is 1. The molecular weight excluding hydrogens is 332 g/mol. The molecule has 0 saturated heterocycles. The Balaban J connectivity index is 2.07. The highest BCUT2D eigenvalue weighted by Crippen LogP contribution is 2.23. The summed E-state index contributed by atoms with van der Waals surface area (Å²) in [5.41, 5.74) is 0.404. The first kappa shape index (κ1) is 13.8. The monoisotopic (exact) mass is 340 g/mol. The van der Waals surface area contributed by atoms with Crippen LogP contribution in [0.3, 0.4) is 0 Å². The first-order chi connectivity index (χ1) is 9.10. The summed E-state index contributed by atoms with van der Waals surface area (Å²) in [5, 5.41) is 0. The van der Waals surface area contributed by atoms with Gasteiger partial charge in [0.2, 0.25) is 0 Å². The topological polar surface area (TPSA) is 52.6 Å². The molecular formula is C13H9BrO4S. The molecule has 4 nitrogen and oxygen atoms in total. The third-order valence-corrected chi connectivity index (χ3v) is 3.86. The molecule has 2 aromatic rings. The maximum atomic E-state index is 11.8. The van der Waals surface area contributed by atoms with Crippen LogP contribution in [0.15, 0.2) is 40.2 Å². The molecule has 0 bridgehead atoms. The Bertz CT molecular complexity index is 603. The number of hydrogen-bond donors (Lipinski definition) is 0. The lowest BCUT2D eigenvalue weighted by Crippen LogP contribution is -2.07. The Hall–Kier alpha value is -1.66. The molecule has 0 atom stereocenters. The molecule has 1 heterocycles. The van der Waals surface area contributed by atoms with Gasteiger partial charge in [-0.25, -0.2) is 9.59 Å². The highest BCUT2D eigenvalue weighted by Gasteiger charge is 2.12. The Morgan fingerprint density at radius 3 is 2.26 bits per heavy atom. The average Bonchev–Trinajstić information content (AvgIpc) is 2.85. The minimum atomic E-state index is -0.430. The Morgan fingerprint density at radius 1 is 1.05 bits per heavy atom. The average molecular weight is 341 g/mol. The van der Waals surface area contributed by atoms with Gasteiger partial charge in [0.1, 0.15) is 10.6 Å². The van der Waals surface area contributed by atoms with E-state index in [1.807, 2.05) is 0 Å². The van der Waals surface area contributed by atoms with Crippen molar-refractivity contribution in [3.63, 3.8) is 0 Å². The van der Waals surface area contributed by atoms with Crippen LogP contribution < -0.4 is 4.74 Å². The smallest absolute Gasteiger partial charge is 0.353 e. The van der Waals surface area contributed by atoms with Crippen LogP contribution in [0, 0.1) is 0 Å². The fourth-order valence-electron chi connectivity index (χ4n) is 1.36. The predicted molar refractivity (Wildman–Crippen MR) is 74.8 cm³/mol. The van der Waals surface area contributed by atoms with Crippen LogP contribution in [-0.4, -0.2) is 19.0 Å². The molecule has 0 N–H and O–H groups in total. The van der Waals surface area contributed by atoms with Crippen molar-refractivity contribution in [2.75, 3.05) is 7.11 Å². The number of thiophene rings is 1. The Labute approximate surface area is 122 Å². The largest absolute Gasteiger partial charge is 0.465 e. The van der Waals surface area contributed by atoms with Crippen LogP contribution in [0.1, 0.15) is 20.0 Å². The molecule has 2 rings (SSSR count). The molecule has 0 amide bonds. The highest BCUT2D eigenvalue weighted by molar-refractivity contribution is 9.11. The second-order valence-electron chi connectivity index (χ2n) is 3.51. The van der Waals surface area contributed by atoms with Crippen molar-refractivity contribution >= 4 is 39.2 Å². The maximum Gasteiger partial charge on any atom is 0.353 e. The van der Waals surface area contributed by atoms with Crippen molar-refractivity contribution in [1.29, 1.82) is 0 Å². The van der Waals surface area contributed by atoms with Crippen molar-refractivity contribution in [3.05, 3.63) is 50.6 Å². The molecule has 0 aliphatic carbocycles. The van der Waals surface area contributed by atoms with Crippen molar-refractivity contribution < 1.29 is 19.1 Å². The molecule has 19 heavy (non-hydrogen) atoms. The second kappa shape index (κ2) is 5.99. The zero-order chi connectivity index (χ0) is 13.8. The molecule has 0 saturated carbocycles. The van der Waals surface area contributed by atoms with E-state index in [4.69, 9.17) is 4.74 Å². The van der Waals surface area contributed by atoms with Gasteiger partial charge in [-0.2, -0.15) is 0 Å². The molecule has 1 aromatic heterocycles. The van der Waals surface area contributed by atoms with Crippen LogP contribution in [0.25, 0.3) is 0 Å². The SMILES string of the molecule is COC(=O)c1ccc(OC(=O)c2ccc(Br)s2)cc1. The summed E-state index contributed by atoms with van der Waals surface area (Å²) in [7, 11) is 1.31. The van der Waals surface area contributed by atoms with Gasteiger partial charge in [-0.1, -0.05) is 0 Å². The maximum absolute atomic E-state index is 11.8. The van der Waals surface area contributed by atoms with Gasteiger partial charge in [-0.3, -0.25) is 0 Å². The van der Waals surface area contributed by atoms with Gasteiger partial charge in [-0.05, 0) is 52.3 Å². The number of hydrogen-bond acceptors (Lipinski definition) is 5. The Kier molecular flexibility index (Phi) is 4.34. The molecule has 1 aromatic carbocycles. The molecule has 0 fully saturated rings. The van der Waals surface area contributed by atoms with Gasteiger partial charge in [0, 0.05) is 0 Å². The third-order valence-electron chi connectivity index (χ3n) is 2.26. The van der Waals surface area contributed by atoms with Gasteiger partial charge in [0.05, 0.1) is 16.5 Å². The van der Waals surface area contributed by atoms with Gasteiger partial charge in [-0.15, -0.1) is 11.3 Å². The van der Waals surface area contributed by atoms with Crippen LogP contribution in [0.5, 0.6) is 5.75 Å². The van der Waals surface area contributed by atoms with E-state index in [2.05, 4.69) is 20.7 Å². The van der Waals surface area contributed by atoms with E-state index in [0.29, 0.717) is 16.2 Å². The number of carbonyl (C=O) groups is 2. The van der Waals surface area contributed by atoms with Crippen molar-refractivity contribution in [3.8, 4) is 5.75 Å². The molecule has 98 valence electrons. The summed E-state index contributed by atoms with van der Waals surface area (Å²) in [6.07, 6.45) is 0. The number of esters is 2. The van der Waals surface area contributed by atoms with E-state index in [0.717, 1.165) is 3.79 Å². The van der Waals surface area contributed by atoms with Crippen LogP contribution in [-0.2, 0) is 4.74 Å². The standard InChI is InChI=1S/C13H9BrO4S/c1-17-12(15)8-2-4-9(5-3-8)18-13(16)10-6-7-11(14)19-10/h2-7H,1H3. The molecule has 0 radical (unpaired) electrons. The summed E-state index contributed by atoms with van der Waals surface area (Å²) in [4.78, 5) is 23.5. The van der Waals surface area contributed by atoms with Gasteiger partial charge < -0.3 is 9.47 Å². The summed E-state index contributed by atoms with van der Waals surface area (Å²) in [6.45, 7) is 0. The summed E-state index contributed by atoms with van der Waals surface area (Å²) in [5.74, 6) is -0.483. The fourth-order valence-corrected chi connectivity index (χ4v) is 2.62. The normalized spacial score (nSPS) is 10.0. The van der Waals surface area contributed by atoms with E-state index >= 15 is 0 Å². The minimum absolute atomic E-state index is 0.377. The van der Waals surface area contributed by atoms with Crippen molar-refractivity contribution in [2.45, 2.75) is 0 Å². The summed E-state index contributed by atoms with van der Waals surface area (Å²) < 4.78 is 10.6. The predicted octanol–water partition coefficient (Wildman–Crippen LogP) is 3.52. The zero-order valence-corrected chi connectivity index (χ0v) is 12.3. The second-order valence-corrected chi connectivity index (χ2v) is 5.97. The highest BCUT2D eigenvalue weighted by atomic mass is 79.9. The minimum Gasteiger partial charge on any atom is -0.465 e. The molecule has 0 unspecified atom stereocenters. The Morgan fingerprint density at radius 2 is 1.74 bits per heavy atom. The van der Waals surface area contributed by atoms with Gasteiger partial charge in [0.15, 0.2) is 0 Å². The number of carbonyl (C=O) groups excluding carboxylic acids is 2. The molecule has 0 aliphatic heterocycles. The number of ether oxygens (including phenoxy) is 2. The van der Waals surface area contributed by atoms with E-state index in [9.17, 15) is 9.59 Å². The quantitative estimate of drug-likeness (QED) is 0.633. The van der Waals surface area contributed by atoms with Gasteiger partial charge >= 0.3 is 11.9 Å². The van der Waals surface area contributed by atoms with Crippen LogP contribution >= 0.6 is 27.3 Å². The first-order valence-corrected chi connectivity index (χ1v) is 6.87. The van der Waals surface area contributed by atoms with E-state index < -0.39 is 11.9 Å². The van der Waals surface area contributed by atoms with Crippen molar-refractivity contribution in [1.82, 2.24) is 0 Å². The third kappa shape index (κ3) is 3.42. The van der Waals surface area contributed by atoms with E-state index in [1.54, 1.807) is 36.4 Å². The van der Waals surface area contributed by atoms with Crippen molar-refractivity contribution in [2.24, 2.45) is 0 Å². The lowest BCUT2D eigenvalue weighted by molar-refractivity contribution is 0.0600. The summed E-state index contributed by atoms with van der Waals surface area (Å²) >= 11 is 4.57.